The summed E-state index contributed by atoms with van der Waals surface area (Å²) in [5, 5.41) is 12.5. The molecule has 0 atom stereocenters. The molecule has 2 N–H and O–H groups in total. The molecule has 2 rings (SSSR count). The number of hydrogen-bond donors (Lipinski definition) is 2. The van der Waals surface area contributed by atoms with Crippen molar-refractivity contribution in [1.82, 2.24) is 30.3 Å². The molecule has 0 radical (unpaired) electrons. The zero-order chi connectivity index (χ0) is 12.8. The maximum atomic E-state index is 11.6. The average molecular weight is 248 g/mol. The largest absolute Gasteiger partial charge is 0.351 e. The molecular formula is C10H12N6O2. The number of aromatic nitrogens is 5. The quantitative estimate of drug-likeness (QED) is 0.672. The van der Waals surface area contributed by atoms with Gasteiger partial charge in [-0.3, -0.25) is 14.3 Å². The van der Waals surface area contributed by atoms with Crippen molar-refractivity contribution in [3.05, 3.63) is 40.8 Å². The van der Waals surface area contributed by atoms with Crippen LogP contribution in [0.2, 0.25) is 0 Å². The first-order valence-electron chi connectivity index (χ1n) is 5.42. The van der Waals surface area contributed by atoms with Crippen LogP contribution in [0.25, 0.3) is 0 Å². The smallest absolute Gasteiger partial charge is 0.271 e. The number of nitrogens with zero attached hydrogens (tertiary/aromatic N) is 4. The maximum Gasteiger partial charge on any atom is 0.271 e. The van der Waals surface area contributed by atoms with E-state index in [1.165, 1.54) is 18.5 Å². The second-order valence-electron chi connectivity index (χ2n) is 3.57. The average Bonchev–Trinajstić information content (AvgIpc) is 2.88. The van der Waals surface area contributed by atoms with Gasteiger partial charge in [0.2, 0.25) is 0 Å². The topological polar surface area (TPSA) is 106 Å². The molecular weight excluding hydrogens is 236 g/mol. The molecule has 0 aromatic carbocycles. The molecule has 0 aliphatic carbocycles. The van der Waals surface area contributed by atoms with E-state index in [9.17, 15) is 9.59 Å². The van der Waals surface area contributed by atoms with E-state index in [-0.39, 0.29) is 17.2 Å². The summed E-state index contributed by atoms with van der Waals surface area (Å²) in [7, 11) is 0. The monoisotopic (exact) mass is 248 g/mol. The molecule has 0 unspecified atom stereocenters. The highest BCUT2D eigenvalue weighted by atomic mass is 16.2. The molecule has 0 spiro atoms. The van der Waals surface area contributed by atoms with Crippen molar-refractivity contribution in [2.24, 2.45) is 0 Å². The minimum Gasteiger partial charge on any atom is -0.351 e. The number of amides is 1. The van der Waals surface area contributed by atoms with Crippen molar-refractivity contribution >= 4 is 5.91 Å². The molecule has 2 aromatic heterocycles. The fraction of sp³-hybridized carbons (Fsp3) is 0.300. The summed E-state index contributed by atoms with van der Waals surface area (Å²) in [5.41, 5.74) is -0.145. The Labute approximate surface area is 102 Å². The molecule has 8 heteroatoms. The van der Waals surface area contributed by atoms with E-state index >= 15 is 0 Å². The van der Waals surface area contributed by atoms with Gasteiger partial charge >= 0.3 is 0 Å². The van der Waals surface area contributed by atoms with Crippen LogP contribution in [0.3, 0.4) is 0 Å². The maximum absolute atomic E-state index is 11.6. The Kier molecular flexibility index (Phi) is 3.79. The number of aromatic amines is 1. The lowest BCUT2D eigenvalue weighted by Gasteiger charge is -2.04. The van der Waals surface area contributed by atoms with E-state index in [1.807, 2.05) is 0 Å². The van der Waals surface area contributed by atoms with Crippen LogP contribution >= 0.6 is 0 Å². The van der Waals surface area contributed by atoms with Crippen molar-refractivity contribution in [2.45, 2.75) is 13.0 Å². The van der Waals surface area contributed by atoms with Crippen molar-refractivity contribution in [1.29, 1.82) is 0 Å². The third-order valence-electron chi connectivity index (χ3n) is 2.23. The summed E-state index contributed by atoms with van der Waals surface area (Å²) in [4.78, 5) is 26.2. The zero-order valence-electron chi connectivity index (χ0n) is 9.54. The van der Waals surface area contributed by atoms with E-state index in [1.54, 1.807) is 11.0 Å². The Morgan fingerprint density at radius 2 is 2.33 bits per heavy atom. The third kappa shape index (κ3) is 3.24. The summed E-state index contributed by atoms with van der Waals surface area (Å²) in [6, 6.07) is 2.64. The van der Waals surface area contributed by atoms with Crippen LogP contribution in [0.15, 0.2) is 29.6 Å². The summed E-state index contributed by atoms with van der Waals surface area (Å²) in [5.74, 6) is -0.315. The second kappa shape index (κ2) is 5.71. The predicted molar refractivity (Wildman–Crippen MR) is 61.8 cm³/mol. The highest BCUT2D eigenvalue weighted by Gasteiger charge is 2.05. The lowest BCUT2D eigenvalue weighted by Crippen LogP contribution is -2.27. The van der Waals surface area contributed by atoms with Crippen LogP contribution in [-0.2, 0) is 6.54 Å². The lowest BCUT2D eigenvalue weighted by molar-refractivity contribution is 0.0946. The molecule has 0 aliphatic rings. The van der Waals surface area contributed by atoms with E-state index < -0.39 is 0 Å². The number of rotatable bonds is 5. The van der Waals surface area contributed by atoms with Gasteiger partial charge in [0.1, 0.15) is 18.3 Å². The standard InChI is InChI=1S/C10H12N6O2/c17-9-3-2-8(14-15-9)10(18)12-4-1-5-16-7-11-6-13-16/h2-3,6-7H,1,4-5H2,(H,12,18)(H,15,17). The van der Waals surface area contributed by atoms with Gasteiger partial charge in [0.15, 0.2) is 0 Å². The number of carbonyl (C=O) groups is 1. The van der Waals surface area contributed by atoms with Crippen LogP contribution in [0.5, 0.6) is 0 Å². The minimum absolute atomic E-state index is 0.190. The third-order valence-corrected chi connectivity index (χ3v) is 2.23. The second-order valence-corrected chi connectivity index (χ2v) is 3.57. The van der Waals surface area contributed by atoms with Gasteiger partial charge < -0.3 is 5.32 Å². The Hall–Kier alpha value is -2.51. The SMILES string of the molecule is O=C(NCCCn1cncn1)c1ccc(=O)[nH]n1. The molecule has 94 valence electrons. The van der Waals surface area contributed by atoms with Gasteiger partial charge in [0.05, 0.1) is 0 Å². The molecule has 2 heterocycles. The fourth-order valence-electron chi connectivity index (χ4n) is 1.35. The van der Waals surface area contributed by atoms with E-state index in [2.05, 4.69) is 25.6 Å². The molecule has 0 bridgehead atoms. The van der Waals surface area contributed by atoms with Gasteiger partial charge in [-0.05, 0) is 12.5 Å². The van der Waals surface area contributed by atoms with Crippen LogP contribution < -0.4 is 10.9 Å². The molecule has 2 aromatic rings. The molecule has 18 heavy (non-hydrogen) atoms. The minimum atomic E-state index is -0.335. The van der Waals surface area contributed by atoms with E-state index in [0.29, 0.717) is 13.1 Å². The lowest BCUT2D eigenvalue weighted by atomic mass is 10.3. The Balaban J connectivity index is 1.75. The van der Waals surface area contributed by atoms with Crippen molar-refractivity contribution in [3.8, 4) is 0 Å². The summed E-state index contributed by atoms with van der Waals surface area (Å²) >= 11 is 0. The van der Waals surface area contributed by atoms with Crippen molar-refractivity contribution in [3.63, 3.8) is 0 Å². The molecule has 0 fully saturated rings. The zero-order valence-corrected chi connectivity index (χ0v) is 9.54. The number of aryl methyl sites for hydroxylation is 1. The van der Waals surface area contributed by atoms with Crippen LogP contribution in [0.4, 0.5) is 0 Å². The van der Waals surface area contributed by atoms with Gasteiger partial charge in [-0.1, -0.05) is 0 Å². The van der Waals surface area contributed by atoms with Crippen LogP contribution in [-0.4, -0.2) is 37.4 Å². The predicted octanol–water partition coefficient (Wildman–Crippen LogP) is -0.819. The summed E-state index contributed by atoms with van der Waals surface area (Å²) in [6.07, 6.45) is 3.81. The Bertz CT molecular complexity index is 542. The number of hydrogen-bond acceptors (Lipinski definition) is 5. The fourth-order valence-corrected chi connectivity index (χ4v) is 1.35. The summed E-state index contributed by atoms with van der Waals surface area (Å²) in [6.45, 7) is 1.18. The number of nitrogens with one attached hydrogen (secondary N) is 2. The van der Waals surface area contributed by atoms with Crippen LogP contribution in [0, 0.1) is 0 Å². The molecule has 1 amide bonds. The van der Waals surface area contributed by atoms with Crippen molar-refractivity contribution < 1.29 is 4.79 Å². The van der Waals surface area contributed by atoms with Gasteiger partial charge in [-0.2, -0.15) is 10.2 Å². The first kappa shape index (κ1) is 12.0. The normalized spacial score (nSPS) is 10.2. The number of carbonyl (C=O) groups excluding carboxylic acids is 1. The highest BCUT2D eigenvalue weighted by Crippen LogP contribution is 1.90. The Morgan fingerprint density at radius 1 is 1.44 bits per heavy atom. The number of H-pyrrole nitrogens is 1. The Morgan fingerprint density at radius 3 is 3.00 bits per heavy atom. The van der Waals surface area contributed by atoms with E-state index in [4.69, 9.17) is 0 Å². The van der Waals surface area contributed by atoms with Gasteiger partial charge in [0.25, 0.3) is 11.5 Å². The molecule has 0 saturated heterocycles. The van der Waals surface area contributed by atoms with E-state index in [0.717, 1.165) is 6.42 Å². The highest BCUT2D eigenvalue weighted by molar-refractivity contribution is 5.91. The van der Waals surface area contributed by atoms with Gasteiger partial charge in [-0.15, -0.1) is 0 Å². The van der Waals surface area contributed by atoms with Crippen LogP contribution in [0.1, 0.15) is 16.9 Å². The first-order chi connectivity index (χ1) is 8.75. The van der Waals surface area contributed by atoms with Gasteiger partial charge in [0, 0.05) is 19.2 Å². The molecule has 0 aliphatic heterocycles. The van der Waals surface area contributed by atoms with Gasteiger partial charge in [-0.25, -0.2) is 10.1 Å². The van der Waals surface area contributed by atoms with Crippen molar-refractivity contribution in [2.75, 3.05) is 6.54 Å². The first-order valence-corrected chi connectivity index (χ1v) is 5.42. The molecule has 8 nitrogen and oxygen atoms in total. The summed E-state index contributed by atoms with van der Waals surface area (Å²) < 4.78 is 1.68. The molecule has 0 saturated carbocycles.